The van der Waals surface area contributed by atoms with E-state index in [1.54, 1.807) is 0 Å². The molecule has 1 amide bonds. The van der Waals surface area contributed by atoms with Crippen LogP contribution in [-0.4, -0.2) is 47.6 Å². The standard InChI is InChI=1S/C12H17NO5/c1-18-3-2-9(7-14)13-12(17)8-4-10(15)6-11(16)5-8/h4-6,9,14-16H,2-3,7H2,1H3,(H,13,17). The van der Waals surface area contributed by atoms with Gasteiger partial charge in [0.25, 0.3) is 5.91 Å². The Balaban J connectivity index is 2.68. The number of nitrogens with one attached hydrogen (secondary N) is 1. The van der Waals surface area contributed by atoms with E-state index >= 15 is 0 Å². The minimum absolute atomic E-state index is 0.128. The van der Waals surface area contributed by atoms with Crippen LogP contribution in [0.15, 0.2) is 18.2 Å². The van der Waals surface area contributed by atoms with Gasteiger partial charge in [-0.25, -0.2) is 0 Å². The Bertz CT molecular complexity index is 387. The Morgan fingerprint density at radius 1 is 1.33 bits per heavy atom. The number of aromatic hydroxyl groups is 2. The molecule has 1 aromatic carbocycles. The summed E-state index contributed by atoms with van der Waals surface area (Å²) >= 11 is 0. The molecule has 0 aliphatic heterocycles. The van der Waals surface area contributed by atoms with E-state index in [4.69, 9.17) is 9.84 Å². The molecule has 0 radical (unpaired) electrons. The van der Waals surface area contributed by atoms with Gasteiger partial charge >= 0.3 is 0 Å². The second kappa shape index (κ2) is 6.83. The Labute approximate surface area is 105 Å². The molecule has 0 saturated carbocycles. The number of carbonyl (C=O) groups excluding carboxylic acids is 1. The predicted octanol–water partition coefficient (Wildman–Crippen LogP) is 0.225. The van der Waals surface area contributed by atoms with Crippen LogP contribution in [-0.2, 0) is 4.74 Å². The van der Waals surface area contributed by atoms with E-state index in [2.05, 4.69) is 5.32 Å². The number of aliphatic hydroxyl groups excluding tert-OH is 1. The van der Waals surface area contributed by atoms with Crippen LogP contribution in [0.1, 0.15) is 16.8 Å². The molecule has 0 aliphatic rings. The van der Waals surface area contributed by atoms with Gasteiger partial charge in [-0.05, 0) is 18.6 Å². The van der Waals surface area contributed by atoms with Crippen molar-refractivity contribution in [1.82, 2.24) is 5.32 Å². The monoisotopic (exact) mass is 255 g/mol. The normalized spacial score (nSPS) is 12.1. The van der Waals surface area contributed by atoms with E-state index in [1.165, 1.54) is 19.2 Å². The first-order chi connectivity index (χ1) is 8.56. The molecule has 100 valence electrons. The van der Waals surface area contributed by atoms with E-state index in [0.29, 0.717) is 13.0 Å². The molecule has 0 aliphatic carbocycles. The van der Waals surface area contributed by atoms with Crippen LogP contribution < -0.4 is 5.32 Å². The van der Waals surface area contributed by atoms with Gasteiger partial charge in [0.2, 0.25) is 0 Å². The third-order valence-electron chi connectivity index (χ3n) is 2.39. The van der Waals surface area contributed by atoms with Crippen molar-refractivity contribution in [2.45, 2.75) is 12.5 Å². The molecule has 4 N–H and O–H groups in total. The summed E-state index contributed by atoms with van der Waals surface area (Å²) in [4.78, 5) is 11.8. The predicted molar refractivity (Wildman–Crippen MR) is 64.6 cm³/mol. The Kier molecular flexibility index (Phi) is 5.41. The lowest BCUT2D eigenvalue weighted by Gasteiger charge is -2.15. The van der Waals surface area contributed by atoms with Gasteiger partial charge in [-0.2, -0.15) is 0 Å². The van der Waals surface area contributed by atoms with Crippen molar-refractivity contribution in [3.05, 3.63) is 23.8 Å². The third-order valence-corrected chi connectivity index (χ3v) is 2.39. The molecule has 18 heavy (non-hydrogen) atoms. The fraction of sp³-hybridized carbons (Fsp3) is 0.417. The molecule has 0 heterocycles. The molecule has 0 spiro atoms. The fourth-order valence-corrected chi connectivity index (χ4v) is 1.46. The highest BCUT2D eigenvalue weighted by Gasteiger charge is 2.14. The number of phenols is 2. The van der Waals surface area contributed by atoms with Crippen LogP contribution in [0.25, 0.3) is 0 Å². The zero-order valence-corrected chi connectivity index (χ0v) is 10.1. The number of ether oxygens (including phenoxy) is 1. The van der Waals surface area contributed by atoms with E-state index in [1.807, 2.05) is 0 Å². The SMILES string of the molecule is COCCC(CO)NC(=O)c1cc(O)cc(O)c1. The van der Waals surface area contributed by atoms with Gasteiger partial charge in [0, 0.05) is 25.3 Å². The van der Waals surface area contributed by atoms with Gasteiger partial charge in [-0.1, -0.05) is 0 Å². The molecule has 0 aromatic heterocycles. The topological polar surface area (TPSA) is 99.0 Å². The number of phenolic OH excluding ortho intramolecular Hbond substituents is 2. The zero-order chi connectivity index (χ0) is 13.5. The summed E-state index contributed by atoms with van der Waals surface area (Å²) in [6, 6.07) is 3.17. The summed E-state index contributed by atoms with van der Waals surface area (Å²) in [7, 11) is 1.53. The Morgan fingerprint density at radius 2 is 1.94 bits per heavy atom. The van der Waals surface area contributed by atoms with E-state index < -0.39 is 11.9 Å². The van der Waals surface area contributed by atoms with Crippen molar-refractivity contribution in [3.8, 4) is 11.5 Å². The minimum atomic E-state index is -0.476. The highest BCUT2D eigenvalue weighted by molar-refractivity contribution is 5.95. The minimum Gasteiger partial charge on any atom is -0.508 e. The van der Waals surface area contributed by atoms with Crippen LogP contribution in [0.2, 0.25) is 0 Å². The second-order valence-electron chi connectivity index (χ2n) is 3.87. The lowest BCUT2D eigenvalue weighted by molar-refractivity contribution is 0.0894. The van der Waals surface area contributed by atoms with Crippen LogP contribution in [0.3, 0.4) is 0 Å². The third kappa shape index (κ3) is 4.23. The number of amides is 1. The summed E-state index contributed by atoms with van der Waals surface area (Å²) in [5.74, 6) is -0.869. The highest BCUT2D eigenvalue weighted by Crippen LogP contribution is 2.20. The number of aliphatic hydroxyl groups is 1. The molecule has 0 saturated heterocycles. The lowest BCUT2D eigenvalue weighted by Crippen LogP contribution is -2.38. The smallest absolute Gasteiger partial charge is 0.251 e. The zero-order valence-electron chi connectivity index (χ0n) is 10.1. The summed E-state index contributed by atoms with van der Waals surface area (Å²) in [6.45, 7) is 0.205. The van der Waals surface area contributed by atoms with Crippen molar-refractivity contribution >= 4 is 5.91 Å². The van der Waals surface area contributed by atoms with Crippen molar-refractivity contribution in [3.63, 3.8) is 0 Å². The number of methoxy groups -OCH3 is 1. The van der Waals surface area contributed by atoms with E-state index in [9.17, 15) is 15.0 Å². The van der Waals surface area contributed by atoms with E-state index in [0.717, 1.165) is 6.07 Å². The number of hydrogen-bond acceptors (Lipinski definition) is 5. The molecular weight excluding hydrogens is 238 g/mol. The summed E-state index contributed by atoms with van der Waals surface area (Å²) in [5, 5.41) is 30.2. The van der Waals surface area contributed by atoms with Crippen LogP contribution in [0, 0.1) is 0 Å². The average molecular weight is 255 g/mol. The molecule has 1 atom stereocenters. The number of carbonyl (C=O) groups is 1. The van der Waals surface area contributed by atoms with Crippen LogP contribution in [0.4, 0.5) is 0 Å². The van der Waals surface area contributed by atoms with Crippen molar-refractivity contribution in [2.24, 2.45) is 0 Å². The molecule has 0 bridgehead atoms. The second-order valence-corrected chi connectivity index (χ2v) is 3.87. The first kappa shape index (κ1) is 14.3. The molecule has 0 fully saturated rings. The van der Waals surface area contributed by atoms with Crippen LogP contribution >= 0.6 is 0 Å². The van der Waals surface area contributed by atoms with Gasteiger partial charge in [-0.3, -0.25) is 4.79 Å². The first-order valence-corrected chi connectivity index (χ1v) is 5.50. The van der Waals surface area contributed by atoms with Gasteiger partial charge in [0.1, 0.15) is 11.5 Å². The number of hydrogen-bond donors (Lipinski definition) is 4. The Morgan fingerprint density at radius 3 is 2.44 bits per heavy atom. The average Bonchev–Trinajstić information content (AvgIpc) is 2.32. The molecule has 6 nitrogen and oxygen atoms in total. The Hall–Kier alpha value is -1.79. The summed E-state index contributed by atoms with van der Waals surface area (Å²) in [5.41, 5.74) is 0.128. The maximum atomic E-state index is 11.8. The molecule has 6 heteroatoms. The van der Waals surface area contributed by atoms with Crippen molar-refractivity contribution in [1.29, 1.82) is 0 Å². The molecule has 1 aromatic rings. The molecule has 1 rings (SSSR count). The largest absolute Gasteiger partial charge is 0.508 e. The van der Waals surface area contributed by atoms with Gasteiger partial charge in [0.15, 0.2) is 0 Å². The first-order valence-electron chi connectivity index (χ1n) is 5.50. The molecule has 1 unspecified atom stereocenters. The molecular formula is C12H17NO5. The van der Waals surface area contributed by atoms with Gasteiger partial charge in [-0.15, -0.1) is 0 Å². The fourth-order valence-electron chi connectivity index (χ4n) is 1.46. The van der Waals surface area contributed by atoms with Gasteiger partial charge in [0.05, 0.1) is 12.6 Å². The van der Waals surface area contributed by atoms with Crippen molar-refractivity contribution < 1.29 is 24.9 Å². The van der Waals surface area contributed by atoms with Gasteiger partial charge < -0.3 is 25.4 Å². The quantitative estimate of drug-likeness (QED) is 0.583. The van der Waals surface area contributed by atoms with Crippen LogP contribution in [0.5, 0.6) is 11.5 Å². The maximum absolute atomic E-state index is 11.8. The van der Waals surface area contributed by atoms with E-state index in [-0.39, 0.29) is 23.7 Å². The number of rotatable bonds is 6. The highest BCUT2D eigenvalue weighted by atomic mass is 16.5. The number of benzene rings is 1. The lowest BCUT2D eigenvalue weighted by atomic mass is 10.1. The maximum Gasteiger partial charge on any atom is 0.251 e. The summed E-state index contributed by atoms with van der Waals surface area (Å²) < 4.78 is 4.86. The van der Waals surface area contributed by atoms with Crippen molar-refractivity contribution in [2.75, 3.05) is 20.3 Å². The summed E-state index contributed by atoms with van der Waals surface area (Å²) in [6.07, 6.45) is 0.476.